The third-order valence-corrected chi connectivity index (χ3v) is 3.46. The zero-order valence-electron chi connectivity index (χ0n) is 12.1. The third kappa shape index (κ3) is 3.67. The van der Waals surface area contributed by atoms with E-state index in [1.807, 2.05) is 20.8 Å². The van der Waals surface area contributed by atoms with Crippen LogP contribution in [-0.4, -0.2) is 23.0 Å². The summed E-state index contributed by atoms with van der Waals surface area (Å²) in [7, 11) is 0. The van der Waals surface area contributed by atoms with Gasteiger partial charge in [-0.15, -0.1) is 0 Å². The van der Waals surface area contributed by atoms with Crippen LogP contribution in [0.15, 0.2) is 6.07 Å². The fourth-order valence-corrected chi connectivity index (χ4v) is 1.88. The SMILES string of the molecule is CCC(N)(CC)COc1cc(C)nc(C)c1C(N)=O. The largest absolute Gasteiger partial charge is 0.491 e. The number of hydrogen-bond donors (Lipinski definition) is 2. The number of rotatable bonds is 6. The minimum absolute atomic E-state index is 0.333. The summed E-state index contributed by atoms with van der Waals surface area (Å²) in [6, 6.07) is 1.72. The molecule has 0 bridgehead atoms. The predicted molar refractivity (Wildman–Crippen MR) is 75.2 cm³/mol. The first kappa shape index (κ1) is 15.4. The highest BCUT2D eigenvalue weighted by molar-refractivity contribution is 5.96. The van der Waals surface area contributed by atoms with E-state index in [0.717, 1.165) is 18.5 Å². The average Bonchev–Trinajstić information content (AvgIpc) is 2.34. The van der Waals surface area contributed by atoms with Gasteiger partial charge in [0, 0.05) is 17.3 Å². The molecular weight excluding hydrogens is 242 g/mol. The lowest BCUT2D eigenvalue weighted by molar-refractivity contribution is 0.0993. The Morgan fingerprint density at radius 3 is 2.42 bits per heavy atom. The van der Waals surface area contributed by atoms with Gasteiger partial charge in [-0.25, -0.2) is 0 Å². The summed E-state index contributed by atoms with van der Waals surface area (Å²) in [4.78, 5) is 15.7. The van der Waals surface area contributed by atoms with Gasteiger partial charge in [-0.1, -0.05) is 13.8 Å². The summed E-state index contributed by atoms with van der Waals surface area (Å²) in [5.41, 5.74) is 12.9. The quantitative estimate of drug-likeness (QED) is 0.818. The summed E-state index contributed by atoms with van der Waals surface area (Å²) >= 11 is 0. The summed E-state index contributed by atoms with van der Waals surface area (Å²) in [6.07, 6.45) is 1.61. The molecule has 1 heterocycles. The van der Waals surface area contributed by atoms with Crippen molar-refractivity contribution >= 4 is 5.91 Å². The Labute approximate surface area is 114 Å². The highest BCUT2D eigenvalue weighted by Gasteiger charge is 2.23. The van der Waals surface area contributed by atoms with Crippen LogP contribution in [0.5, 0.6) is 5.75 Å². The van der Waals surface area contributed by atoms with E-state index in [2.05, 4.69) is 4.98 Å². The van der Waals surface area contributed by atoms with Crippen LogP contribution in [0.3, 0.4) is 0 Å². The molecule has 0 atom stereocenters. The second-order valence-corrected chi connectivity index (χ2v) is 4.94. The number of primary amides is 1. The Hall–Kier alpha value is -1.62. The van der Waals surface area contributed by atoms with Crippen molar-refractivity contribution in [1.29, 1.82) is 0 Å². The number of ether oxygens (including phenoxy) is 1. The van der Waals surface area contributed by atoms with Gasteiger partial charge < -0.3 is 16.2 Å². The summed E-state index contributed by atoms with van der Waals surface area (Å²) in [6.45, 7) is 7.98. The number of nitrogens with zero attached hydrogens (tertiary/aromatic N) is 1. The van der Waals surface area contributed by atoms with Gasteiger partial charge in [-0.05, 0) is 26.7 Å². The molecule has 19 heavy (non-hydrogen) atoms. The van der Waals surface area contributed by atoms with Crippen molar-refractivity contribution in [3.63, 3.8) is 0 Å². The number of pyridine rings is 1. The first-order valence-electron chi connectivity index (χ1n) is 6.52. The van der Waals surface area contributed by atoms with Crippen LogP contribution in [0, 0.1) is 13.8 Å². The molecule has 1 amide bonds. The van der Waals surface area contributed by atoms with Crippen LogP contribution in [-0.2, 0) is 0 Å². The molecule has 1 rings (SSSR count). The second-order valence-electron chi connectivity index (χ2n) is 4.94. The lowest BCUT2D eigenvalue weighted by atomic mass is 9.95. The van der Waals surface area contributed by atoms with E-state index in [0.29, 0.717) is 23.6 Å². The molecule has 1 aromatic rings. The van der Waals surface area contributed by atoms with Gasteiger partial charge in [-0.2, -0.15) is 0 Å². The molecule has 0 saturated carbocycles. The molecule has 0 spiro atoms. The van der Waals surface area contributed by atoms with Crippen molar-refractivity contribution in [3.05, 3.63) is 23.0 Å². The predicted octanol–water partition coefficient (Wildman–Crippen LogP) is 1.69. The van der Waals surface area contributed by atoms with E-state index < -0.39 is 5.91 Å². The maximum Gasteiger partial charge on any atom is 0.254 e. The number of carbonyl (C=O) groups excluding carboxylic acids is 1. The van der Waals surface area contributed by atoms with Gasteiger partial charge in [0.05, 0.1) is 5.69 Å². The standard InChI is InChI=1S/C14H23N3O2/c1-5-14(16,6-2)8-19-11-7-9(3)17-10(4)12(11)13(15)18/h7H,5-6,8,16H2,1-4H3,(H2,15,18). The maximum atomic E-state index is 11.5. The molecular formula is C14H23N3O2. The van der Waals surface area contributed by atoms with Crippen LogP contribution in [0.4, 0.5) is 0 Å². The number of aryl methyl sites for hydroxylation is 2. The summed E-state index contributed by atoms with van der Waals surface area (Å²) < 4.78 is 5.74. The molecule has 0 aromatic carbocycles. The Morgan fingerprint density at radius 2 is 1.95 bits per heavy atom. The van der Waals surface area contributed by atoms with Crippen molar-refractivity contribution in [1.82, 2.24) is 4.98 Å². The monoisotopic (exact) mass is 265 g/mol. The smallest absolute Gasteiger partial charge is 0.254 e. The molecule has 0 unspecified atom stereocenters. The average molecular weight is 265 g/mol. The van der Waals surface area contributed by atoms with Crippen molar-refractivity contribution < 1.29 is 9.53 Å². The third-order valence-electron chi connectivity index (χ3n) is 3.46. The van der Waals surface area contributed by atoms with E-state index in [-0.39, 0.29) is 5.54 Å². The molecule has 5 heteroatoms. The van der Waals surface area contributed by atoms with E-state index in [1.54, 1.807) is 13.0 Å². The molecule has 0 fully saturated rings. The van der Waals surface area contributed by atoms with E-state index in [4.69, 9.17) is 16.2 Å². The Balaban J connectivity index is 3.04. The molecule has 0 radical (unpaired) electrons. The molecule has 5 nitrogen and oxygen atoms in total. The van der Waals surface area contributed by atoms with Gasteiger partial charge in [-0.3, -0.25) is 9.78 Å². The van der Waals surface area contributed by atoms with Crippen molar-refractivity contribution in [3.8, 4) is 5.75 Å². The number of nitrogens with two attached hydrogens (primary N) is 2. The molecule has 0 aliphatic rings. The molecule has 0 saturated heterocycles. The van der Waals surface area contributed by atoms with Crippen LogP contribution < -0.4 is 16.2 Å². The second kappa shape index (κ2) is 6.02. The van der Waals surface area contributed by atoms with Crippen molar-refractivity contribution in [2.45, 2.75) is 46.1 Å². The van der Waals surface area contributed by atoms with E-state index in [1.165, 1.54) is 0 Å². The first-order chi connectivity index (χ1) is 8.83. The summed E-state index contributed by atoms with van der Waals surface area (Å²) in [5, 5.41) is 0. The molecule has 1 aromatic heterocycles. The zero-order valence-corrected chi connectivity index (χ0v) is 12.1. The number of aromatic nitrogens is 1. The van der Waals surface area contributed by atoms with Crippen LogP contribution in [0.2, 0.25) is 0 Å². The summed E-state index contributed by atoms with van der Waals surface area (Å²) in [5.74, 6) is -0.0650. The Morgan fingerprint density at radius 1 is 1.37 bits per heavy atom. The minimum Gasteiger partial charge on any atom is -0.491 e. The van der Waals surface area contributed by atoms with Gasteiger partial charge >= 0.3 is 0 Å². The highest BCUT2D eigenvalue weighted by Crippen LogP contribution is 2.23. The fourth-order valence-electron chi connectivity index (χ4n) is 1.88. The van der Waals surface area contributed by atoms with Crippen LogP contribution in [0.25, 0.3) is 0 Å². The Kier molecular flexibility index (Phi) is 4.89. The van der Waals surface area contributed by atoms with Gasteiger partial charge in [0.1, 0.15) is 17.9 Å². The Bertz CT molecular complexity index is 468. The van der Waals surface area contributed by atoms with Crippen molar-refractivity contribution in [2.24, 2.45) is 11.5 Å². The van der Waals surface area contributed by atoms with Crippen LogP contribution >= 0.6 is 0 Å². The molecule has 0 aliphatic carbocycles. The molecule has 106 valence electrons. The lowest BCUT2D eigenvalue weighted by Gasteiger charge is -2.27. The normalized spacial score (nSPS) is 11.4. The van der Waals surface area contributed by atoms with Gasteiger partial charge in [0.2, 0.25) is 0 Å². The minimum atomic E-state index is -0.532. The fraction of sp³-hybridized carbons (Fsp3) is 0.571. The van der Waals surface area contributed by atoms with Gasteiger partial charge in [0.25, 0.3) is 5.91 Å². The molecule has 0 aliphatic heterocycles. The number of amides is 1. The van der Waals surface area contributed by atoms with Crippen LogP contribution in [0.1, 0.15) is 48.4 Å². The first-order valence-corrected chi connectivity index (χ1v) is 6.52. The highest BCUT2D eigenvalue weighted by atomic mass is 16.5. The lowest BCUT2D eigenvalue weighted by Crippen LogP contribution is -2.44. The topological polar surface area (TPSA) is 91.2 Å². The van der Waals surface area contributed by atoms with E-state index in [9.17, 15) is 4.79 Å². The van der Waals surface area contributed by atoms with E-state index >= 15 is 0 Å². The zero-order chi connectivity index (χ0) is 14.6. The maximum absolute atomic E-state index is 11.5. The molecule has 4 N–H and O–H groups in total. The number of hydrogen-bond acceptors (Lipinski definition) is 4. The van der Waals surface area contributed by atoms with Crippen molar-refractivity contribution in [2.75, 3.05) is 6.61 Å². The van der Waals surface area contributed by atoms with Gasteiger partial charge in [0.15, 0.2) is 0 Å². The number of carbonyl (C=O) groups is 1.